The van der Waals surface area contributed by atoms with Crippen LogP contribution in [0.3, 0.4) is 0 Å². The maximum absolute atomic E-state index is 11.5. The Morgan fingerprint density at radius 2 is 1.96 bits per heavy atom. The van der Waals surface area contributed by atoms with Gasteiger partial charge in [-0.2, -0.15) is 0 Å². The maximum atomic E-state index is 11.5. The van der Waals surface area contributed by atoms with E-state index in [1.165, 1.54) is 19.1 Å². The van der Waals surface area contributed by atoms with Crippen LogP contribution in [-0.2, 0) is 16.0 Å². The van der Waals surface area contributed by atoms with Crippen LogP contribution in [0.1, 0.15) is 30.4 Å². The number of rotatable bonds is 7. The molecule has 1 fully saturated rings. The zero-order valence-corrected chi connectivity index (χ0v) is 14.3. The molecule has 3 heteroatoms. The summed E-state index contributed by atoms with van der Waals surface area (Å²) in [6, 6.07) is 18.6. The molecule has 1 saturated carbocycles. The number of methoxy groups -OCH3 is 1. The standard InChI is InChI=1S/C21H24O3/c1-15(21(22)23-2)11-16-7-6-10-19(12-16)24-14-18-13-20(18)17-8-4-3-5-9-17/h3-10,12,15,18,20H,11,13-14H2,1-2H3. The fourth-order valence-electron chi connectivity index (χ4n) is 3.14. The van der Waals surface area contributed by atoms with E-state index in [2.05, 4.69) is 30.3 Å². The monoisotopic (exact) mass is 324 g/mol. The van der Waals surface area contributed by atoms with Crippen LogP contribution in [0.5, 0.6) is 5.75 Å². The van der Waals surface area contributed by atoms with E-state index in [1.807, 2.05) is 31.2 Å². The van der Waals surface area contributed by atoms with Crippen molar-refractivity contribution in [3.8, 4) is 5.75 Å². The maximum Gasteiger partial charge on any atom is 0.308 e. The van der Waals surface area contributed by atoms with Gasteiger partial charge in [0.05, 0.1) is 19.6 Å². The Morgan fingerprint density at radius 1 is 1.17 bits per heavy atom. The van der Waals surface area contributed by atoms with Crippen molar-refractivity contribution in [2.45, 2.75) is 25.7 Å². The predicted octanol–water partition coefficient (Wildman–Crippen LogP) is 4.22. The summed E-state index contributed by atoms with van der Waals surface area (Å²) < 4.78 is 10.8. The normalized spacial score (nSPS) is 20.2. The Balaban J connectivity index is 1.52. The Morgan fingerprint density at radius 3 is 2.71 bits per heavy atom. The molecule has 1 aliphatic rings. The van der Waals surface area contributed by atoms with Gasteiger partial charge in [-0.3, -0.25) is 4.79 Å². The summed E-state index contributed by atoms with van der Waals surface area (Å²) in [5.41, 5.74) is 2.51. The number of benzene rings is 2. The summed E-state index contributed by atoms with van der Waals surface area (Å²) in [7, 11) is 1.43. The first-order valence-electron chi connectivity index (χ1n) is 8.52. The summed E-state index contributed by atoms with van der Waals surface area (Å²) in [6.07, 6.45) is 1.86. The number of hydrogen-bond donors (Lipinski definition) is 0. The lowest BCUT2D eigenvalue weighted by Gasteiger charge is -2.11. The second-order valence-electron chi connectivity index (χ2n) is 6.60. The van der Waals surface area contributed by atoms with Crippen molar-refractivity contribution in [3.05, 3.63) is 65.7 Å². The average Bonchev–Trinajstić information content (AvgIpc) is 3.40. The molecule has 24 heavy (non-hydrogen) atoms. The molecule has 0 saturated heterocycles. The highest BCUT2D eigenvalue weighted by Gasteiger charge is 2.38. The van der Waals surface area contributed by atoms with Gasteiger partial charge in [-0.1, -0.05) is 49.4 Å². The van der Waals surface area contributed by atoms with Crippen molar-refractivity contribution >= 4 is 5.97 Å². The number of carbonyl (C=O) groups excluding carboxylic acids is 1. The SMILES string of the molecule is COC(=O)C(C)Cc1cccc(OCC2CC2c2ccccc2)c1. The van der Waals surface area contributed by atoms with Gasteiger partial charge in [0.1, 0.15) is 5.75 Å². The van der Waals surface area contributed by atoms with E-state index in [9.17, 15) is 4.79 Å². The zero-order valence-electron chi connectivity index (χ0n) is 14.3. The first-order valence-corrected chi connectivity index (χ1v) is 8.52. The molecule has 0 N–H and O–H groups in total. The number of ether oxygens (including phenoxy) is 2. The number of esters is 1. The Bertz CT molecular complexity index is 680. The van der Waals surface area contributed by atoms with E-state index in [4.69, 9.17) is 9.47 Å². The van der Waals surface area contributed by atoms with Crippen LogP contribution in [0.2, 0.25) is 0 Å². The van der Waals surface area contributed by atoms with Gasteiger partial charge < -0.3 is 9.47 Å². The van der Waals surface area contributed by atoms with Gasteiger partial charge in [0.2, 0.25) is 0 Å². The molecule has 2 aromatic rings. The number of hydrogen-bond acceptors (Lipinski definition) is 3. The molecule has 3 nitrogen and oxygen atoms in total. The van der Waals surface area contributed by atoms with E-state index in [0.29, 0.717) is 18.3 Å². The molecule has 0 bridgehead atoms. The van der Waals surface area contributed by atoms with Gasteiger partial charge in [-0.25, -0.2) is 0 Å². The van der Waals surface area contributed by atoms with Crippen LogP contribution in [0.15, 0.2) is 54.6 Å². The van der Waals surface area contributed by atoms with Crippen molar-refractivity contribution in [2.75, 3.05) is 13.7 Å². The Hall–Kier alpha value is -2.29. The third kappa shape index (κ3) is 4.16. The van der Waals surface area contributed by atoms with Crippen LogP contribution < -0.4 is 4.74 Å². The van der Waals surface area contributed by atoms with Gasteiger partial charge >= 0.3 is 5.97 Å². The van der Waals surface area contributed by atoms with Gasteiger partial charge in [0.15, 0.2) is 0 Å². The quantitative estimate of drug-likeness (QED) is 0.715. The summed E-state index contributed by atoms with van der Waals surface area (Å²) in [4.78, 5) is 11.5. The third-order valence-corrected chi connectivity index (χ3v) is 4.66. The lowest BCUT2D eigenvalue weighted by atomic mass is 10.0. The molecule has 0 amide bonds. The second-order valence-corrected chi connectivity index (χ2v) is 6.60. The van der Waals surface area contributed by atoms with Gasteiger partial charge in [0.25, 0.3) is 0 Å². The summed E-state index contributed by atoms with van der Waals surface area (Å²) in [6.45, 7) is 2.63. The fraction of sp³-hybridized carbons (Fsp3) is 0.381. The lowest BCUT2D eigenvalue weighted by molar-refractivity contribution is -0.144. The molecule has 126 valence electrons. The van der Waals surface area contributed by atoms with Gasteiger partial charge in [0, 0.05) is 5.92 Å². The highest BCUT2D eigenvalue weighted by atomic mass is 16.5. The summed E-state index contributed by atoms with van der Waals surface area (Å²) in [5, 5.41) is 0. The second kappa shape index (κ2) is 7.52. The molecule has 0 spiro atoms. The van der Waals surface area contributed by atoms with Crippen molar-refractivity contribution in [2.24, 2.45) is 11.8 Å². The van der Waals surface area contributed by atoms with E-state index in [0.717, 1.165) is 17.9 Å². The smallest absolute Gasteiger partial charge is 0.308 e. The van der Waals surface area contributed by atoms with Crippen molar-refractivity contribution in [1.82, 2.24) is 0 Å². The largest absolute Gasteiger partial charge is 0.493 e. The van der Waals surface area contributed by atoms with Crippen LogP contribution in [0, 0.1) is 11.8 Å². The van der Waals surface area contributed by atoms with Crippen molar-refractivity contribution in [1.29, 1.82) is 0 Å². The minimum Gasteiger partial charge on any atom is -0.493 e. The molecule has 0 aromatic heterocycles. The average molecular weight is 324 g/mol. The third-order valence-electron chi connectivity index (χ3n) is 4.66. The molecular formula is C21H24O3. The molecule has 0 radical (unpaired) electrons. The highest BCUT2D eigenvalue weighted by Crippen LogP contribution is 2.47. The Kier molecular flexibility index (Phi) is 5.19. The predicted molar refractivity (Wildman–Crippen MR) is 94.1 cm³/mol. The molecule has 3 unspecified atom stereocenters. The summed E-state index contributed by atoms with van der Waals surface area (Å²) in [5.74, 6) is 1.79. The van der Waals surface area contributed by atoms with E-state index in [-0.39, 0.29) is 11.9 Å². The molecule has 2 aromatic carbocycles. The van der Waals surface area contributed by atoms with Crippen molar-refractivity contribution < 1.29 is 14.3 Å². The minimum atomic E-state index is -0.176. The zero-order chi connectivity index (χ0) is 16.9. The molecule has 3 atom stereocenters. The Labute approximate surface area is 143 Å². The fourth-order valence-corrected chi connectivity index (χ4v) is 3.14. The first-order chi connectivity index (χ1) is 11.7. The van der Waals surface area contributed by atoms with Gasteiger partial charge in [-0.05, 0) is 42.0 Å². The first kappa shape index (κ1) is 16.6. The topological polar surface area (TPSA) is 35.5 Å². The lowest BCUT2D eigenvalue weighted by Crippen LogP contribution is -2.15. The molecule has 0 heterocycles. The minimum absolute atomic E-state index is 0.142. The highest BCUT2D eigenvalue weighted by molar-refractivity contribution is 5.72. The molecule has 1 aliphatic carbocycles. The van der Waals surface area contributed by atoms with Crippen LogP contribution in [0.4, 0.5) is 0 Å². The summed E-state index contributed by atoms with van der Waals surface area (Å²) >= 11 is 0. The van der Waals surface area contributed by atoms with E-state index >= 15 is 0 Å². The number of carbonyl (C=O) groups is 1. The van der Waals surface area contributed by atoms with Crippen LogP contribution in [0.25, 0.3) is 0 Å². The van der Waals surface area contributed by atoms with Crippen molar-refractivity contribution in [3.63, 3.8) is 0 Å². The van der Waals surface area contributed by atoms with E-state index in [1.54, 1.807) is 0 Å². The molecular weight excluding hydrogens is 300 g/mol. The van der Waals surface area contributed by atoms with Gasteiger partial charge in [-0.15, -0.1) is 0 Å². The van der Waals surface area contributed by atoms with E-state index < -0.39 is 0 Å². The van der Waals surface area contributed by atoms with Crippen LogP contribution in [-0.4, -0.2) is 19.7 Å². The molecule has 0 aliphatic heterocycles. The molecule has 3 rings (SSSR count). The van der Waals surface area contributed by atoms with Crippen LogP contribution >= 0.6 is 0 Å².